The van der Waals surface area contributed by atoms with Crippen molar-refractivity contribution in [1.82, 2.24) is 15.0 Å². The first-order valence-electron chi connectivity index (χ1n) is 12.0. The molecule has 5 rings (SSSR count). The van der Waals surface area contributed by atoms with Crippen LogP contribution in [0.5, 0.6) is 17.2 Å². The fourth-order valence-electron chi connectivity index (χ4n) is 4.33. The third-order valence-electron chi connectivity index (χ3n) is 6.15. The van der Waals surface area contributed by atoms with E-state index >= 15 is 0 Å². The molecule has 0 aliphatic heterocycles. The quantitative estimate of drug-likeness (QED) is 0.213. The lowest BCUT2D eigenvalue weighted by atomic mass is 9.98. The summed E-state index contributed by atoms with van der Waals surface area (Å²) in [5, 5.41) is 12.9. The van der Waals surface area contributed by atoms with Crippen molar-refractivity contribution < 1.29 is 13.9 Å². The highest BCUT2D eigenvalue weighted by molar-refractivity contribution is 7.11. The van der Waals surface area contributed by atoms with Gasteiger partial charge in [-0.2, -0.15) is 0 Å². The van der Waals surface area contributed by atoms with Crippen LogP contribution in [-0.4, -0.2) is 20.7 Å². The van der Waals surface area contributed by atoms with Crippen molar-refractivity contribution >= 4 is 34.2 Å². The standard InChI is InChI=1S/C27H27FN6O2S/c1-16-31-13-23(37-16)14-35-21-10-18(28)11-22(12-21)36-20-8-6-19(7-9-20)34-26-25(32-15-33-27(26)30)24(29)17-4-2-3-5-17/h6-13,15,17,29,34H,2-5,14H2,1H3,(H2,30,32,33). The van der Waals surface area contributed by atoms with Gasteiger partial charge in [-0.05, 0) is 44.0 Å². The van der Waals surface area contributed by atoms with Crippen LogP contribution in [0.2, 0.25) is 0 Å². The first-order chi connectivity index (χ1) is 17.9. The molecule has 4 aromatic rings. The van der Waals surface area contributed by atoms with Crippen molar-refractivity contribution in [1.29, 1.82) is 5.41 Å². The number of aryl methyl sites for hydroxylation is 1. The number of hydrogen-bond donors (Lipinski definition) is 3. The Morgan fingerprint density at radius 2 is 1.84 bits per heavy atom. The number of benzene rings is 2. The van der Waals surface area contributed by atoms with Gasteiger partial charge in [-0.3, -0.25) is 0 Å². The predicted molar refractivity (Wildman–Crippen MR) is 143 cm³/mol. The van der Waals surface area contributed by atoms with Crippen LogP contribution in [0.25, 0.3) is 0 Å². The zero-order valence-corrected chi connectivity index (χ0v) is 21.1. The summed E-state index contributed by atoms with van der Waals surface area (Å²) in [6.07, 6.45) is 7.39. The van der Waals surface area contributed by atoms with Crippen molar-refractivity contribution in [3.63, 3.8) is 0 Å². The molecule has 1 aliphatic rings. The van der Waals surface area contributed by atoms with Gasteiger partial charge >= 0.3 is 0 Å². The number of rotatable bonds is 9. The molecule has 0 spiro atoms. The number of nitrogens with two attached hydrogens (primary N) is 1. The van der Waals surface area contributed by atoms with Crippen molar-refractivity contribution in [2.24, 2.45) is 5.92 Å². The number of thiazole rings is 1. The van der Waals surface area contributed by atoms with Gasteiger partial charge in [0.05, 0.1) is 15.6 Å². The maximum atomic E-state index is 14.2. The van der Waals surface area contributed by atoms with E-state index in [9.17, 15) is 4.39 Å². The van der Waals surface area contributed by atoms with E-state index < -0.39 is 5.82 Å². The lowest BCUT2D eigenvalue weighted by Crippen LogP contribution is -2.16. The van der Waals surface area contributed by atoms with E-state index in [0.717, 1.165) is 41.3 Å². The molecule has 37 heavy (non-hydrogen) atoms. The minimum atomic E-state index is -0.455. The number of anilines is 3. The van der Waals surface area contributed by atoms with Gasteiger partial charge in [0.2, 0.25) is 0 Å². The Labute approximate surface area is 218 Å². The third-order valence-corrected chi connectivity index (χ3v) is 7.04. The van der Waals surface area contributed by atoms with Gasteiger partial charge in [-0.1, -0.05) is 12.8 Å². The van der Waals surface area contributed by atoms with Crippen LogP contribution in [0.1, 0.15) is 41.3 Å². The van der Waals surface area contributed by atoms with E-state index in [4.69, 9.17) is 20.6 Å². The monoisotopic (exact) mass is 518 g/mol. The van der Waals surface area contributed by atoms with E-state index in [-0.39, 0.29) is 11.7 Å². The van der Waals surface area contributed by atoms with Crippen molar-refractivity contribution in [3.8, 4) is 17.2 Å². The molecule has 10 heteroatoms. The number of aromatic nitrogens is 3. The van der Waals surface area contributed by atoms with Crippen molar-refractivity contribution in [2.75, 3.05) is 11.1 Å². The van der Waals surface area contributed by atoms with Crippen molar-refractivity contribution in [3.05, 3.63) is 76.4 Å². The molecule has 1 aliphatic carbocycles. The summed E-state index contributed by atoms with van der Waals surface area (Å²) in [5.74, 6) is 1.24. The Balaban J connectivity index is 1.27. The highest BCUT2D eigenvalue weighted by atomic mass is 32.1. The molecule has 8 nitrogen and oxygen atoms in total. The molecule has 0 unspecified atom stereocenters. The van der Waals surface area contributed by atoms with Crippen LogP contribution in [0.4, 0.5) is 21.6 Å². The minimum absolute atomic E-state index is 0.192. The number of halogens is 1. The van der Waals surface area contributed by atoms with Gasteiger partial charge in [0.15, 0.2) is 5.82 Å². The molecule has 190 valence electrons. The van der Waals surface area contributed by atoms with Crippen LogP contribution in [0.3, 0.4) is 0 Å². The average molecular weight is 519 g/mol. The number of ether oxygens (including phenoxy) is 2. The lowest BCUT2D eigenvalue weighted by Gasteiger charge is -2.17. The number of hydrogen-bond acceptors (Lipinski definition) is 9. The van der Waals surface area contributed by atoms with Gasteiger partial charge in [0.1, 0.15) is 47.4 Å². The second-order valence-electron chi connectivity index (χ2n) is 8.89. The summed E-state index contributed by atoms with van der Waals surface area (Å²) < 4.78 is 25.8. The average Bonchev–Trinajstić information content (AvgIpc) is 3.56. The molecule has 2 aromatic carbocycles. The molecule has 0 saturated heterocycles. The van der Waals surface area contributed by atoms with E-state index in [1.165, 1.54) is 29.8 Å². The van der Waals surface area contributed by atoms with E-state index in [1.807, 2.05) is 19.1 Å². The minimum Gasteiger partial charge on any atom is -0.488 e. The molecular formula is C27H27FN6O2S. The van der Waals surface area contributed by atoms with Gasteiger partial charge < -0.3 is 25.9 Å². The number of nitrogens with one attached hydrogen (secondary N) is 2. The Bertz CT molecular complexity index is 1400. The summed E-state index contributed by atoms with van der Waals surface area (Å²) in [7, 11) is 0. The fraction of sp³-hybridized carbons (Fsp3) is 0.259. The summed E-state index contributed by atoms with van der Waals surface area (Å²) in [6, 6.07) is 11.4. The smallest absolute Gasteiger partial charge is 0.151 e. The molecule has 1 saturated carbocycles. The first-order valence-corrected chi connectivity index (χ1v) is 12.8. The molecular weight excluding hydrogens is 491 g/mol. The third kappa shape index (κ3) is 6.03. The second kappa shape index (κ2) is 10.9. The second-order valence-corrected chi connectivity index (χ2v) is 10.2. The molecule has 0 amide bonds. The highest BCUT2D eigenvalue weighted by Crippen LogP contribution is 2.33. The topological polar surface area (TPSA) is 119 Å². The van der Waals surface area contributed by atoms with E-state index in [0.29, 0.717) is 40.9 Å². The first kappa shape index (κ1) is 24.6. The maximum Gasteiger partial charge on any atom is 0.151 e. The Morgan fingerprint density at radius 1 is 1.08 bits per heavy atom. The molecule has 2 aromatic heterocycles. The van der Waals surface area contributed by atoms with Gasteiger partial charge in [-0.15, -0.1) is 11.3 Å². The van der Waals surface area contributed by atoms with Crippen molar-refractivity contribution in [2.45, 2.75) is 39.2 Å². The zero-order valence-electron chi connectivity index (χ0n) is 20.3. The Kier molecular flexibility index (Phi) is 7.27. The van der Waals surface area contributed by atoms with Crippen LogP contribution >= 0.6 is 11.3 Å². The van der Waals surface area contributed by atoms with E-state index in [1.54, 1.807) is 24.4 Å². The lowest BCUT2D eigenvalue weighted by molar-refractivity contribution is 0.306. The predicted octanol–water partition coefficient (Wildman–Crippen LogP) is 6.64. The molecule has 0 radical (unpaired) electrons. The Morgan fingerprint density at radius 3 is 2.57 bits per heavy atom. The van der Waals surface area contributed by atoms with Gasteiger partial charge in [-0.25, -0.2) is 19.3 Å². The normalized spacial score (nSPS) is 13.5. The number of nitrogen functional groups attached to an aromatic ring is 1. The fourth-order valence-corrected chi connectivity index (χ4v) is 5.04. The van der Waals surface area contributed by atoms with E-state index in [2.05, 4.69) is 20.3 Å². The summed E-state index contributed by atoms with van der Waals surface area (Å²) in [5.41, 5.74) is 8.42. The SMILES string of the molecule is Cc1ncc(COc2cc(F)cc(Oc3ccc(Nc4c(N)ncnc4C(=N)C4CCCC4)cc3)c2)s1. The molecule has 1 fully saturated rings. The summed E-state index contributed by atoms with van der Waals surface area (Å²) in [4.78, 5) is 13.6. The number of nitrogens with zero attached hydrogens (tertiary/aromatic N) is 3. The zero-order chi connectivity index (χ0) is 25.8. The van der Waals surface area contributed by atoms with Crippen LogP contribution < -0.4 is 20.5 Å². The van der Waals surface area contributed by atoms with Crippen LogP contribution in [-0.2, 0) is 6.61 Å². The summed E-state index contributed by atoms with van der Waals surface area (Å²) >= 11 is 1.53. The molecule has 2 heterocycles. The van der Waals surface area contributed by atoms with Crippen LogP contribution in [0.15, 0.2) is 55.0 Å². The maximum absolute atomic E-state index is 14.2. The largest absolute Gasteiger partial charge is 0.488 e. The molecule has 4 N–H and O–H groups in total. The van der Waals surface area contributed by atoms with Gasteiger partial charge in [0, 0.05) is 36.0 Å². The molecule has 0 atom stereocenters. The van der Waals surface area contributed by atoms with Gasteiger partial charge in [0.25, 0.3) is 0 Å². The highest BCUT2D eigenvalue weighted by Gasteiger charge is 2.25. The Hall–Kier alpha value is -4.05. The summed E-state index contributed by atoms with van der Waals surface area (Å²) in [6.45, 7) is 2.23. The molecule has 0 bridgehead atoms. The van der Waals surface area contributed by atoms with Crippen LogP contribution in [0, 0.1) is 24.1 Å².